The fourth-order valence-electron chi connectivity index (χ4n) is 3.73. The van der Waals surface area contributed by atoms with Gasteiger partial charge in [-0.2, -0.15) is 5.10 Å². The summed E-state index contributed by atoms with van der Waals surface area (Å²) >= 11 is 0. The van der Waals surface area contributed by atoms with Gasteiger partial charge in [-0.25, -0.2) is 9.78 Å². The monoisotopic (exact) mass is 399 g/mol. The van der Waals surface area contributed by atoms with Gasteiger partial charge >= 0.3 is 6.03 Å². The molecule has 0 unspecified atom stereocenters. The van der Waals surface area contributed by atoms with Crippen molar-refractivity contribution in [2.45, 2.75) is 19.0 Å². The molecule has 0 aliphatic carbocycles. The lowest BCUT2D eigenvalue weighted by Crippen LogP contribution is -2.53. The van der Waals surface area contributed by atoms with Crippen molar-refractivity contribution < 1.29 is 14.3 Å². The van der Waals surface area contributed by atoms with Crippen LogP contribution < -0.4 is 15.0 Å². The normalized spacial score (nSPS) is 20.2. The van der Waals surface area contributed by atoms with E-state index in [1.807, 2.05) is 24.3 Å². The van der Waals surface area contributed by atoms with Gasteiger partial charge in [0.05, 0.1) is 19.7 Å². The largest absolute Gasteiger partial charge is 0.497 e. The average molecular weight is 399 g/mol. The number of rotatable bonds is 5. The van der Waals surface area contributed by atoms with Crippen LogP contribution in [0.1, 0.15) is 12.2 Å². The summed E-state index contributed by atoms with van der Waals surface area (Å²) in [5.41, 5.74) is 0.784. The molecule has 0 spiro atoms. The lowest BCUT2D eigenvalue weighted by atomic mass is 10.2. The molecule has 0 saturated carbocycles. The molecule has 154 valence electrons. The zero-order valence-electron chi connectivity index (χ0n) is 16.4. The number of nitrogens with zero attached hydrogens (tertiary/aromatic N) is 5. The molecule has 2 saturated heterocycles. The number of nitrogens with one attached hydrogen (secondary N) is 2. The van der Waals surface area contributed by atoms with E-state index in [0.717, 1.165) is 24.6 Å². The van der Waals surface area contributed by atoms with Crippen molar-refractivity contribution in [3.8, 4) is 5.75 Å². The first kappa shape index (κ1) is 19.2. The summed E-state index contributed by atoms with van der Waals surface area (Å²) in [5.74, 6) is 1.52. The molecule has 3 heterocycles. The summed E-state index contributed by atoms with van der Waals surface area (Å²) in [4.78, 5) is 34.9. The van der Waals surface area contributed by atoms with Gasteiger partial charge in [-0.1, -0.05) is 6.07 Å². The van der Waals surface area contributed by atoms with Crippen molar-refractivity contribution in [3.05, 3.63) is 36.4 Å². The number of hydrogen-bond donors (Lipinski definition) is 2. The second-order valence-corrected chi connectivity index (χ2v) is 7.25. The Balaban J connectivity index is 1.27. The quantitative estimate of drug-likeness (QED) is 0.756. The van der Waals surface area contributed by atoms with Gasteiger partial charge in [0, 0.05) is 50.9 Å². The molecule has 1 atom stereocenters. The molecular formula is C19H25N7O3. The summed E-state index contributed by atoms with van der Waals surface area (Å²) in [6.07, 6.45) is 1.80. The van der Waals surface area contributed by atoms with Crippen LogP contribution in [0.3, 0.4) is 0 Å². The first-order valence-corrected chi connectivity index (χ1v) is 9.69. The molecule has 10 nitrogen and oxygen atoms in total. The molecule has 0 bridgehead atoms. The summed E-state index contributed by atoms with van der Waals surface area (Å²) in [6.45, 7) is 3.98. The highest BCUT2D eigenvalue weighted by Crippen LogP contribution is 2.25. The van der Waals surface area contributed by atoms with E-state index in [2.05, 4.69) is 25.4 Å². The number of methoxy groups -OCH3 is 1. The van der Waals surface area contributed by atoms with E-state index < -0.39 is 0 Å². The third-order valence-electron chi connectivity index (χ3n) is 5.32. The number of amides is 3. The van der Waals surface area contributed by atoms with Crippen LogP contribution in [0.5, 0.6) is 5.75 Å². The van der Waals surface area contributed by atoms with Crippen LogP contribution >= 0.6 is 0 Å². The van der Waals surface area contributed by atoms with Gasteiger partial charge in [0.2, 0.25) is 5.91 Å². The summed E-state index contributed by atoms with van der Waals surface area (Å²) in [5, 5.41) is 9.73. The van der Waals surface area contributed by atoms with Gasteiger partial charge in [-0.15, -0.1) is 0 Å². The minimum atomic E-state index is -0.201. The Bertz CT molecular complexity index is 849. The number of hydrogen-bond acceptors (Lipinski definition) is 6. The van der Waals surface area contributed by atoms with Gasteiger partial charge in [-0.05, 0) is 12.1 Å². The summed E-state index contributed by atoms with van der Waals surface area (Å²) in [6, 6.07) is 7.08. The minimum absolute atomic E-state index is 0.000398. The van der Waals surface area contributed by atoms with E-state index in [4.69, 9.17) is 4.74 Å². The van der Waals surface area contributed by atoms with Crippen molar-refractivity contribution in [2.75, 3.05) is 44.7 Å². The number of aromatic nitrogens is 3. The van der Waals surface area contributed by atoms with E-state index >= 15 is 0 Å². The number of ether oxygens (including phenoxy) is 1. The average Bonchev–Trinajstić information content (AvgIpc) is 3.38. The lowest BCUT2D eigenvalue weighted by Gasteiger charge is -2.34. The summed E-state index contributed by atoms with van der Waals surface area (Å²) in [7, 11) is 1.60. The maximum atomic E-state index is 12.6. The molecule has 3 amide bonds. The van der Waals surface area contributed by atoms with Crippen LogP contribution in [0.15, 0.2) is 30.6 Å². The number of carbonyl (C=O) groups excluding carboxylic acids is 2. The third-order valence-corrected chi connectivity index (χ3v) is 5.32. The molecule has 0 radical (unpaired) electrons. The topological polar surface area (TPSA) is 107 Å². The molecule has 10 heteroatoms. The van der Waals surface area contributed by atoms with Crippen molar-refractivity contribution in [1.82, 2.24) is 30.3 Å². The Hall–Kier alpha value is -3.14. The van der Waals surface area contributed by atoms with Crippen molar-refractivity contribution in [1.29, 1.82) is 0 Å². The fourth-order valence-corrected chi connectivity index (χ4v) is 3.73. The first-order chi connectivity index (χ1) is 14.1. The first-order valence-electron chi connectivity index (χ1n) is 9.69. The Kier molecular flexibility index (Phi) is 5.61. The minimum Gasteiger partial charge on any atom is -0.497 e. The highest BCUT2D eigenvalue weighted by atomic mass is 16.5. The van der Waals surface area contributed by atoms with E-state index in [0.29, 0.717) is 38.3 Å². The molecule has 2 fully saturated rings. The molecule has 2 aliphatic heterocycles. The highest BCUT2D eigenvalue weighted by Gasteiger charge is 2.33. The van der Waals surface area contributed by atoms with Gasteiger partial charge in [0.1, 0.15) is 17.9 Å². The molecule has 2 aliphatic rings. The summed E-state index contributed by atoms with van der Waals surface area (Å²) < 4.78 is 5.23. The third kappa shape index (κ3) is 4.48. The molecule has 1 aromatic carbocycles. The van der Waals surface area contributed by atoms with Gasteiger partial charge < -0.3 is 19.9 Å². The molecule has 4 rings (SSSR count). The second-order valence-electron chi connectivity index (χ2n) is 7.25. The Labute approximate surface area is 168 Å². The predicted octanol–water partition coefficient (Wildman–Crippen LogP) is 0.446. The SMILES string of the molecule is COc1cccc(N2C[C@@H](NC(=O)N3CCN(Cc4ncn[nH]4)CC3)CC2=O)c1. The molecule has 2 aromatic rings. The smallest absolute Gasteiger partial charge is 0.317 e. The fraction of sp³-hybridized carbons (Fsp3) is 0.474. The van der Waals surface area contributed by atoms with Crippen LogP contribution in [0, 0.1) is 0 Å². The van der Waals surface area contributed by atoms with E-state index in [-0.39, 0.29) is 18.0 Å². The number of aromatic amines is 1. The number of piperazine rings is 1. The number of carbonyl (C=O) groups is 2. The molecular weight excluding hydrogens is 374 g/mol. The van der Waals surface area contributed by atoms with Gasteiger partial charge in [-0.3, -0.25) is 14.8 Å². The zero-order chi connectivity index (χ0) is 20.2. The van der Waals surface area contributed by atoms with Crippen LogP contribution in [-0.4, -0.2) is 82.8 Å². The Morgan fingerprint density at radius 2 is 2.14 bits per heavy atom. The van der Waals surface area contributed by atoms with Crippen molar-refractivity contribution in [3.63, 3.8) is 0 Å². The predicted molar refractivity (Wildman–Crippen MR) is 106 cm³/mol. The lowest BCUT2D eigenvalue weighted by molar-refractivity contribution is -0.117. The standard InChI is InChI=1S/C19H25N7O3/c1-29-16-4-2-3-15(10-16)26-11-14(9-18(26)27)22-19(28)25-7-5-24(6-8-25)12-17-20-13-21-23-17/h2-4,10,13-14H,5-9,11-12H2,1H3,(H,22,28)(H,20,21,23)/t14-/m0/s1. The van der Waals surface area contributed by atoms with Crippen molar-refractivity contribution in [2.24, 2.45) is 0 Å². The van der Waals surface area contributed by atoms with E-state index in [9.17, 15) is 9.59 Å². The maximum absolute atomic E-state index is 12.6. The van der Waals surface area contributed by atoms with Crippen LogP contribution in [0.2, 0.25) is 0 Å². The van der Waals surface area contributed by atoms with Crippen molar-refractivity contribution >= 4 is 17.6 Å². The maximum Gasteiger partial charge on any atom is 0.317 e. The van der Waals surface area contributed by atoms with Crippen LogP contribution in [-0.2, 0) is 11.3 Å². The Morgan fingerprint density at radius 1 is 1.31 bits per heavy atom. The zero-order valence-corrected chi connectivity index (χ0v) is 16.4. The highest BCUT2D eigenvalue weighted by molar-refractivity contribution is 5.97. The number of anilines is 1. The molecule has 1 aromatic heterocycles. The number of benzene rings is 1. The molecule has 2 N–H and O–H groups in total. The van der Waals surface area contributed by atoms with E-state index in [1.165, 1.54) is 6.33 Å². The van der Waals surface area contributed by atoms with Crippen LogP contribution in [0.25, 0.3) is 0 Å². The van der Waals surface area contributed by atoms with Gasteiger partial charge in [0.25, 0.3) is 0 Å². The number of H-pyrrole nitrogens is 1. The van der Waals surface area contributed by atoms with E-state index in [1.54, 1.807) is 16.9 Å². The second kappa shape index (κ2) is 8.48. The van der Waals surface area contributed by atoms with Crippen LogP contribution in [0.4, 0.5) is 10.5 Å². The Morgan fingerprint density at radius 3 is 2.86 bits per heavy atom. The van der Waals surface area contributed by atoms with Gasteiger partial charge in [0.15, 0.2) is 0 Å². The number of urea groups is 1. The molecule has 29 heavy (non-hydrogen) atoms.